The second kappa shape index (κ2) is 9.32. The van der Waals surface area contributed by atoms with Gasteiger partial charge in [0.25, 0.3) is 5.91 Å². The average molecular weight is 397 g/mol. The molecule has 0 atom stereocenters. The van der Waals surface area contributed by atoms with Crippen LogP contribution in [0.25, 0.3) is 5.65 Å². The van der Waals surface area contributed by atoms with E-state index in [0.717, 1.165) is 17.1 Å². The summed E-state index contributed by atoms with van der Waals surface area (Å²) in [5, 5.41) is 2.98. The summed E-state index contributed by atoms with van der Waals surface area (Å²) in [5.41, 5.74) is 2.87. The zero-order valence-electron chi connectivity index (χ0n) is 17.3. The Labute approximate surface area is 170 Å². The minimum absolute atomic E-state index is 0.167. The Morgan fingerprint density at radius 1 is 1.10 bits per heavy atom. The van der Waals surface area contributed by atoms with Crippen LogP contribution >= 0.6 is 0 Å². The normalized spacial score (nSPS) is 10.8. The Hall–Kier alpha value is -3.22. The van der Waals surface area contributed by atoms with Gasteiger partial charge in [-0.1, -0.05) is 6.07 Å². The molecular formula is C22H27N3O4. The van der Waals surface area contributed by atoms with Crippen molar-refractivity contribution in [2.24, 2.45) is 0 Å². The maximum atomic E-state index is 12.8. The van der Waals surface area contributed by atoms with Gasteiger partial charge in [0.1, 0.15) is 5.69 Å². The number of aromatic nitrogens is 2. The number of imidazole rings is 1. The second-order valence-electron chi connectivity index (χ2n) is 6.47. The number of methoxy groups -OCH3 is 1. The number of aryl methyl sites for hydroxylation is 1. The number of nitrogens with zero attached hydrogens (tertiary/aromatic N) is 2. The van der Waals surface area contributed by atoms with E-state index in [4.69, 9.17) is 14.2 Å². The number of fused-ring (bicyclic) bond motifs is 1. The summed E-state index contributed by atoms with van der Waals surface area (Å²) in [7, 11) is 1.59. The van der Waals surface area contributed by atoms with E-state index in [0.29, 0.717) is 49.0 Å². The van der Waals surface area contributed by atoms with Crippen LogP contribution in [0.2, 0.25) is 0 Å². The van der Waals surface area contributed by atoms with Crippen LogP contribution < -0.4 is 19.5 Å². The molecule has 2 aromatic heterocycles. The van der Waals surface area contributed by atoms with Crippen LogP contribution in [0.1, 0.15) is 35.6 Å². The predicted octanol–water partition coefficient (Wildman–Crippen LogP) is 3.42. The van der Waals surface area contributed by atoms with Gasteiger partial charge in [-0.2, -0.15) is 0 Å². The smallest absolute Gasteiger partial charge is 0.270 e. The molecule has 2 heterocycles. The zero-order chi connectivity index (χ0) is 20.8. The fraction of sp³-hybridized carbons (Fsp3) is 0.364. The summed E-state index contributed by atoms with van der Waals surface area (Å²) in [4.78, 5) is 17.3. The van der Waals surface area contributed by atoms with E-state index < -0.39 is 0 Å². The lowest BCUT2D eigenvalue weighted by atomic mass is 10.1. The topological polar surface area (TPSA) is 74.1 Å². The van der Waals surface area contributed by atoms with Crippen LogP contribution in [0, 0.1) is 6.92 Å². The number of pyridine rings is 1. The van der Waals surface area contributed by atoms with E-state index in [2.05, 4.69) is 10.3 Å². The van der Waals surface area contributed by atoms with Gasteiger partial charge in [0.05, 0.1) is 26.0 Å². The van der Waals surface area contributed by atoms with Crippen molar-refractivity contribution >= 4 is 11.6 Å². The van der Waals surface area contributed by atoms with Gasteiger partial charge in [-0.25, -0.2) is 4.98 Å². The van der Waals surface area contributed by atoms with Crippen molar-refractivity contribution < 1.29 is 19.0 Å². The largest absolute Gasteiger partial charge is 0.493 e. The number of hydrogen-bond donors (Lipinski definition) is 1. The van der Waals surface area contributed by atoms with Crippen molar-refractivity contribution in [3.05, 3.63) is 53.5 Å². The first kappa shape index (κ1) is 20.5. The Kier molecular flexibility index (Phi) is 6.59. The molecule has 0 saturated carbocycles. The van der Waals surface area contributed by atoms with Crippen LogP contribution in [0.5, 0.6) is 17.2 Å². The van der Waals surface area contributed by atoms with Crippen LogP contribution in [0.15, 0.2) is 36.5 Å². The summed E-state index contributed by atoms with van der Waals surface area (Å²) in [6.07, 6.45) is 2.49. The van der Waals surface area contributed by atoms with Gasteiger partial charge in [-0.3, -0.25) is 9.20 Å². The van der Waals surface area contributed by atoms with E-state index >= 15 is 0 Å². The highest BCUT2D eigenvalue weighted by Gasteiger charge is 2.18. The lowest BCUT2D eigenvalue weighted by Gasteiger charge is -2.12. The molecule has 3 aromatic rings. The lowest BCUT2D eigenvalue weighted by Crippen LogP contribution is -2.27. The molecule has 0 fully saturated rings. The molecule has 29 heavy (non-hydrogen) atoms. The van der Waals surface area contributed by atoms with E-state index in [9.17, 15) is 4.79 Å². The molecule has 0 bridgehead atoms. The molecule has 0 saturated heterocycles. The molecule has 1 amide bonds. The Balaban J connectivity index is 1.70. The van der Waals surface area contributed by atoms with Crippen molar-refractivity contribution in [2.45, 2.75) is 27.2 Å². The first-order chi connectivity index (χ1) is 14.1. The van der Waals surface area contributed by atoms with Gasteiger partial charge >= 0.3 is 0 Å². The van der Waals surface area contributed by atoms with Crippen LogP contribution in [0.4, 0.5) is 0 Å². The molecule has 1 N–H and O–H groups in total. The van der Waals surface area contributed by atoms with Gasteiger partial charge < -0.3 is 19.5 Å². The number of benzene rings is 1. The standard InChI is InChI=1S/C22H27N3O4/c1-5-28-17-10-9-16(14-19(17)29-6-2)11-12-23-22(26)20-15(3)24-21-18(27-4)8-7-13-25(20)21/h7-10,13-14H,5-6,11-12H2,1-4H3,(H,23,26). The lowest BCUT2D eigenvalue weighted by molar-refractivity contribution is 0.0947. The van der Waals surface area contributed by atoms with E-state index in [-0.39, 0.29) is 5.91 Å². The van der Waals surface area contributed by atoms with Gasteiger partial charge in [0.2, 0.25) is 0 Å². The molecule has 1 aromatic carbocycles. The van der Waals surface area contributed by atoms with Crippen molar-refractivity contribution in [3.8, 4) is 17.2 Å². The molecule has 0 aliphatic carbocycles. The highest BCUT2D eigenvalue weighted by Crippen LogP contribution is 2.28. The second-order valence-corrected chi connectivity index (χ2v) is 6.47. The van der Waals surface area contributed by atoms with Crippen molar-refractivity contribution in [2.75, 3.05) is 26.9 Å². The first-order valence-corrected chi connectivity index (χ1v) is 9.77. The molecule has 0 radical (unpaired) electrons. The van der Waals surface area contributed by atoms with Crippen molar-refractivity contribution in [1.82, 2.24) is 14.7 Å². The number of carbonyl (C=O) groups is 1. The van der Waals surface area contributed by atoms with Gasteiger partial charge in [-0.05, 0) is 57.0 Å². The fourth-order valence-corrected chi connectivity index (χ4v) is 3.24. The van der Waals surface area contributed by atoms with Gasteiger partial charge in [0, 0.05) is 12.7 Å². The minimum Gasteiger partial charge on any atom is -0.493 e. The summed E-state index contributed by atoms with van der Waals surface area (Å²) >= 11 is 0. The summed E-state index contributed by atoms with van der Waals surface area (Å²) in [5.74, 6) is 1.92. The Morgan fingerprint density at radius 3 is 2.59 bits per heavy atom. The zero-order valence-corrected chi connectivity index (χ0v) is 17.3. The van der Waals surface area contributed by atoms with Crippen LogP contribution in [-0.2, 0) is 6.42 Å². The van der Waals surface area contributed by atoms with E-state index in [1.165, 1.54) is 0 Å². The Bertz CT molecular complexity index is 997. The molecule has 7 heteroatoms. The summed E-state index contributed by atoms with van der Waals surface area (Å²) < 4.78 is 18.4. The Morgan fingerprint density at radius 2 is 1.86 bits per heavy atom. The average Bonchev–Trinajstić information content (AvgIpc) is 3.06. The number of amides is 1. The number of rotatable bonds is 9. The first-order valence-electron chi connectivity index (χ1n) is 9.77. The molecule has 7 nitrogen and oxygen atoms in total. The van der Waals surface area contributed by atoms with Gasteiger partial charge in [-0.15, -0.1) is 0 Å². The minimum atomic E-state index is -0.167. The highest BCUT2D eigenvalue weighted by molar-refractivity contribution is 5.95. The van der Waals surface area contributed by atoms with E-state index in [1.807, 2.05) is 57.3 Å². The third-order valence-electron chi connectivity index (χ3n) is 4.53. The highest BCUT2D eigenvalue weighted by atomic mass is 16.5. The molecule has 3 rings (SSSR count). The summed E-state index contributed by atoms with van der Waals surface area (Å²) in [6, 6.07) is 9.52. The van der Waals surface area contributed by atoms with Crippen LogP contribution in [-0.4, -0.2) is 42.2 Å². The van der Waals surface area contributed by atoms with Crippen molar-refractivity contribution in [3.63, 3.8) is 0 Å². The van der Waals surface area contributed by atoms with Crippen LogP contribution in [0.3, 0.4) is 0 Å². The predicted molar refractivity (Wildman–Crippen MR) is 111 cm³/mol. The third kappa shape index (κ3) is 4.45. The third-order valence-corrected chi connectivity index (χ3v) is 4.53. The number of nitrogens with one attached hydrogen (secondary N) is 1. The molecule has 0 aliphatic rings. The quantitative estimate of drug-likeness (QED) is 0.599. The molecular weight excluding hydrogens is 370 g/mol. The number of carbonyl (C=O) groups excluding carboxylic acids is 1. The van der Waals surface area contributed by atoms with Crippen molar-refractivity contribution in [1.29, 1.82) is 0 Å². The van der Waals surface area contributed by atoms with E-state index in [1.54, 1.807) is 11.5 Å². The number of ether oxygens (including phenoxy) is 3. The maximum absolute atomic E-state index is 12.8. The monoisotopic (exact) mass is 397 g/mol. The SMILES string of the molecule is CCOc1ccc(CCNC(=O)c2c(C)nc3c(OC)cccn23)cc1OCC. The molecule has 0 aliphatic heterocycles. The molecule has 154 valence electrons. The maximum Gasteiger partial charge on any atom is 0.270 e. The summed E-state index contributed by atoms with van der Waals surface area (Å²) in [6.45, 7) is 7.35. The number of hydrogen-bond acceptors (Lipinski definition) is 5. The molecule has 0 spiro atoms. The fourth-order valence-electron chi connectivity index (χ4n) is 3.24. The molecule has 0 unspecified atom stereocenters. The van der Waals surface area contributed by atoms with Gasteiger partial charge in [0.15, 0.2) is 22.9 Å².